The fraction of sp³-hybridized carbons (Fsp3) is 0.735. The number of aromatic nitrogens is 1. The zero-order valence-electron chi connectivity index (χ0n) is 39.2. The van der Waals surface area contributed by atoms with Crippen LogP contribution in [-0.4, -0.2) is 126 Å². The van der Waals surface area contributed by atoms with E-state index in [1.54, 1.807) is 46.1 Å². The van der Waals surface area contributed by atoms with E-state index in [2.05, 4.69) is 0 Å². The molecular formula is C49H74N2O13. The molecule has 5 rings (SSSR count). The van der Waals surface area contributed by atoms with Crippen LogP contribution in [0.25, 0.3) is 0 Å². The number of allylic oxidation sites excluding steroid dienone is 3. The van der Waals surface area contributed by atoms with Crippen LogP contribution in [0.2, 0.25) is 0 Å². The van der Waals surface area contributed by atoms with Gasteiger partial charge in [-0.25, -0.2) is 4.79 Å². The Hall–Kier alpha value is -3.57. The number of ketones is 2. The summed E-state index contributed by atoms with van der Waals surface area (Å²) in [5.74, 6) is -8.05. The number of esters is 1. The summed E-state index contributed by atoms with van der Waals surface area (Å²) < 4.78 is 30.8. The number of aliphatic hydroxyl groups excluding tert-OH is 2. The first-order chi connectivity index (χ1) is 30.4. The number of aliphatic hydroxyl groups is 3. The Bertz CT molecular complexity index is 1820. The minimum Gasteiger partial charge on any atom is -0.619 e. The Kier molecular flexibility index (Phi) is 18.7. The number of piperidine rings is 1. The number of Topliss-reactive ketones (excluding diaryl/α,β-unsaturated/α-hetero) is 2. The Morgan fingerprint density at radius 1 is 0.938 bits per heavy atom. The van der Waals surface area contributed by atoms with Crippen LogP contribution < -0.4 is 4.73 Å². The summed E-state index contributed by atoms with van der Waals surface area (Å²) in [5, 5.41) is 47.0. The van der Waals surface area contributed by atoms with Crippen molar-refractivity contribution >= 4 is 23.4 Å². The number of nitrogens with zero attached hydrogens (tertiary/aromatic N) is 2. The van der Waals surface area contributed by atoms with Gasteiger partial charge in [-0.2, -0.15) is 4.73 Å². The molecule has 0 spiro atoms. The van der Waals surface area contributed by atoms with E-state index in [0.717, 1.165) is 10.3 Å². The van der Waals surface area contributed by atoms with Crippen LogP contribution in [0.1, 0.15) is 117 Å². The molecule has 1 aliphatic carbocycles. The van der Waals surface area contributed by atoms with Crippen LogP contribution in [0.5, 0.6) is 0 Å². The van der Waals surface area contributed by atoms with E-state index in [-0.39, 0.29) is 49.5 Å². The molecule has 2 bridgehead atoms. The zero-order chi connectivity index (χ0) is 46.9. The molecule has 14 atom stereocenters. The second-order valence-corrected chi connectivity index (χ2v) is 19.2. The first-order valence-corrected chi connectivity index (χ1v) is 23.4. The highest BCUT2D eigenvalue weighted by molar-refractivity contribution is 6.39. The lowest BCUT2D eigenvalue weighted by Crippen LogP contribution is -2.64. The van der Waals surface area contributed by atoms with Gasteiger partial charge in [0.1, 0.15) is 24.0 Å². The highest BCUT2D eigenvalue weighted by atomic mass is 16.7. The quantitative estimate of drug-likeness (QED) is 0.101. The van der Waals surface area contributed by atoms with Gasteiger partial charge in [0.2, 0.25) is 5.79 Å². The van der Waals surface area contributed by atoms with Gasteiger partial charge in [0.15, 0.2) is 11.9 Å². The Morgan fingerprint density at radius 3 is 2.33 bits per heavy atom. The zero-order valence-corrected chi connectivity index (χ0v) is 39.2. The van der Waals surface area contributed by atoms with E-state index in [0.29, 0.717) is 75.5 Å². The average molecular weight is 899 g/mol. The maximum absolute atomic E-state index is 14.5. The predicted octanol–water partition coefficient (Wildman–Crippen LogP) is 4.72. The number of rotatable bonds is 9. The number of fused-ring (bicyclic) bond motifs is 3. The number of amides is 1. The molecule has 2 saturated heterocycles. The summed E-state index contributed by atoms with van der Waals surface area (Å²) in [7, 11) is 4.60. The van der Waals surface area contributed by atoms with Crippen molar-refractivity contribution in [3.8, 4) is 0 Å². The number of carbonyl (C=O) groups is 4. The lowest BCUT2D eigenvalue weighted by atomic mass is 9.81. The lowest BCUT2D eigenvalue weighted by Gasteiger charge is -2.47. The first kappa shape index (κ1) is 51.4. The van der Waals surface area contributed by atoms with Gasteiger partial charge in [-0.3, -0.25) is 14.4 Å². The van der Waals surface area contributed by atoms with E-state index >= 15 is 0 Å². The van der Waals surface area contributed by atoms with Gasteiger partial charge in [-0.05, 0) is 102 Å². The molecule has 1 aromatic heterocycles. The van der Waals surface area contributed by atoms with Crippen molar-refractivity contribution in [1.82, 2.24) is 4.90 Å². The molecule has 3 aliphatic heterocycles. The third kappa shape index (κ3) is 12.4. The van der Waals surface area contributed by atoms with Gasteiger partial charge in [-0.1, -0.05) is 44.6 Å². The molecule has 1 saturated carbocycles. The highest BCUT2D eigenvalue weighted by Crippen LogP contribution is 2.39. The molecule has 4 heterocycles. The minimum absolute atomic E-state index is 0.0364. The maximum Gasteiger partial charge on any atom is 0.329 e. The van der Waals surface area contributed by atoms with Crippen molar-refractivity contribution in [2.24, 2.45) is 29.6 Å². The van der Waals surface area contributed by atoms with Crippen LogP contribution >= 0.6 is 0 Å². The number of cyclic esters (lactones) is 1. The van der Waals surface area contributed by atoms with Gasteiger partial charge in [-0.15, -0.1) is 0 Å². The van der Waals surface area contributed by atoms with Crippen molar-refractivity contribution < 1.29 is 62.9 Å². The molecule has 1 aromatic rings. The summed E-state index contributed by atoms with van der Waals surface area (Å²) >= 11 is 0. The third-order valence-electron chi connectivity index (χ3n) is 14.3. The van der Waals surface area contributed by atoms with Crippen LogP contribution in [0.4, 0.5) is 0 Å². The van der Waals surface area contributed by atoms with Crippen LogP contribution in [0.15, 0.2) is 47.7 Å². The number of hydrogen-bond donors (Lipinski definition) is 3. The highest BCUT2D eigenvalue weighted by Gasteiger charge is 2.56. The van der Waals surface area contributed by atoms with Crippen molar-refractivity contribution in [2.75, 3.05) is 27.9 Å². The smallest absolute Gasteiger partial charge is 0.329 e. The molecule has 15 heteroatoms. The van der Waals surface area contributed by atoms with Gasteiger partial charge in [0.05, 0.1) is 30.5 Å². The standard InChI is InChI=1S/C49H74N2O13/c1-29-22-30(2)24-42(61-7)45-43(62-8)26-32(4)49(58,64-45)46(55)47(56)50-20-11-10-17-37(50)48(57)63-44(31(3)25-34-18-19-38(52)41(27-34)60-6)33(5)39(53)28-40(54)35(23-29)14-13-16-36-15-9-12-21-51(36)59/h9,12,15,21,23,25,30,32-35,37-39,41-45,52-53,58H,10-11,13-14,16-20,22,24,26-28H2,1-8H3/b29-23+,31-25+/t30-,32+,33+,34-,35+,37-,38+,39-,41+,42?,43?,44+,45+,49+/m0/s1. The number of ether oxygens (including phenoxy) is 5. The van der Waals surface area contributed by atoms with Crippen LogP contribution in [0, 0.1) is 34.8 Å². The van der Waals surface area contributed by atoms with Gasteiger partial charge >= 0.3 is 5.97 Å². The molecule has 0 aromatic carbocycles. The molecule has 3 fully saturated rings. The number of hydrogen-bond acceptors (Lipinski definition) is 13. The summed E-state index contributed by atoms with van der Waals surface area (Å²) in [6.45, 7) is 9.21. The Morgan fingerprint density at radius 2 is 1.64 bits per heavy atom. The van der Waals surface area contributed by atoms with Crippen molar-refractivity contribution in [1.29, 1.82) is 0 Å². The molecule has 2 unspecified atom stereocenters. The summed E-state index contributed by atoms with van der Waals surface area (Å²) in [4.78, 5) is 58.7. The molecule has 15 nitrogen and oxygen atoms in total. The Labute approximate surface area is 379 Å². The molecule has 3 N–H and O–H groups in total. The van der Waals surface area contributed by atoms with Crippen molar-refractivity contribution in [3.63, 3.8) is 0 Å². The normalized spacial score (nSPS) is 37.8. The van der Waals surface area contributed by atoms with E-state index in [9.17, 15) is 39.7 Å². The Balaban J connectivity index is 1.54. The van der Waals surface area contributed by atoms with Crippen molar-refractivity contribution in [2.45, 2.75) is 173 Å². The summed E-state index contributed by atoms with van der Waals surface area (Å²) in [5.41, 5.74) is 2.15. The molecule has 358 valence electrons. The average Bonchev–Trinajstić information content (AvgIpc) is 3.27. The molecule has 0 radical (unpaired) electrons. The number of carbonyl (C=O) groups excluding carboxylic acids is 4. The summed E-state index contributed by atoms with van der Waals surface area (Å²) in [6.07, 6.45) is 5.27. The molecular weight excluding hydrogens is 825 g/mol. The fourth-order valence-electron chi connectivity index (χ4n) is 10.5. The molecule has 4 aliphatic rings. The fourth-order valence-corrected chi connectivity index (χ4v) is 10.5. The van der Waals surface area contributed by atoms with Gasteiger partial charge in [0.25, 0.3) is 11.7 Å². The monoisotopic (exact) mass is 899 g/mol. The minimum atomic E-state index is -2.54. The second-order valence-electron chi connectivity index (χ2n) is 19.2. The second kappa shape index (κ2) is 23.2. The SMILES string of the molecule is COC1C[C@@H](C)C/C(C)=C/[C@@H](CCCc2cccc[n+]2[O-])C(=O)C[C@H](O)[C@@H](C)[C@@H](/C(C)=C/[C@@H]2CC[C@@H](O)[C@H](OC)C2)OC(=O)[C@@H]2CCCCN2C(=O)C(=O)[C@]2(O)O[C@H]1C(OC)C[C@H]2C. The van der Waals surface area contributed by atoms with Crippen LogP contribution in [0.3, 0.4) is 0 Å². The van der Waals surface area contributed by atoms with E-state index in [4.69, 9.17) is 23.7 Å². The molecule has 64 heavy (non-hydrogen) atoms. The molecule has 1 amide bonds. The number of pyridine rings is 1. The van der Waals surface area contributed by atoms with Gasteiger partial charge in [0, 0.05) is 70.6 Å². The van der Waals surface area contributed by atoms with E-state index < -0.39 is 83.9 Å². The van der Waals surface area contributed by atoms with Crippen LogP contribution in [-0.2, 0) is 49.3 Å². The van der Waals surface area contributed by atoms with E-state index in [1.807, 2.05) is 26.0 Å². The topological polar surface area (TPSA) is 205 Å². The largest absolute Gasteiger partial charge is 0.619 e. The van der Waals surface area contributed by atoms with E-state index in [1.165, 1.54) is 25.3 Å². The predicted molar refractivity (Wildman–Crippen MR) is 236 cm³/mol. The first-order valence-electron chi connectivity index (χ1n) is 23.4. The van der Waals surface area contributed by atoms with Crippen molar-refractivity contribution in [3.05, 3.63) is 58.6 Å². The summed E-state index contributed by atoms with van der Waals surface area (Å²) in [6, 6.07) is 4.06. The maximum atomic E-state index is 14.5. The third-order valence-corrected chi connectivity index (χ3v) is 14.3. The number of methoxy groups -OCH3 is 3. The number of aryl methyl sites for hydroxylation is 1. The lowest BCUT2D eigenvalue weighted by molar-refractivity contribution is -0.614. The van der Waals surface area contributed by atoms with Gasteiger partial charge < -0.3 is 49.1 Å².